The van der Waals surface area contributed by atoms with Crippen LogP contribution in [-0.2, 0) is 47.4 Å². The maximum atomic E-state index is 11.5. The van der Waals surface area contributed by atoms with E-state index >= 15 is 0 Å². The van der Waals surface area contributed by atoms with Crippen molar-refractivity contribution in [2.75, 3.05) is 38.8 Å². The van der Waals surface area contributed by atoms with Gasteiger partial charge in [0.25, 0.3) is 0 Å². The van der Waals surface area contributed by atoms with Gasteiger partial charge in [-0.05, 0) is 0 Å². The van der Waals surface area contributed by atoms with E-state index in [1.807, 2.05) is 0 Å². The molecule has 67 heavy (non-hydrogen) atoms. The number of aliphatic hydroxyl groups excluding tert-OH is 20. The fourth-order valence-electron chi connectivity index (χ4n) is 8.42. The highest BCUT2D eigenvalue weighted by atomic mass is 32.2. The number of rotatable bonds is 16. The summed E-state index contributed by atoms with van der Waals surface area (Å²) in [4.78, 5) is 0. The first-order valence-electron chi connectivity index (χ1n) is 21.1. The number of ether oxygens (including phenoxy) is 10. The average molecular weight is 1010 g/mol. The summed E-state index contributed by atoms with van der Waals surface area (Å²) >= 11 is 0.613. The standard InChI is InChI=1S/C36H62O30S/c37-1-7-13(42)15(44)22(51)32(58-7)65-29-11(5-41)62-36(26(55)20(29)49)67-6-12-30(66-33-23(52)16(45)14(43)8(2-38)59-33)19(48)25(54)35(61-12)64-28-10(4-40)60-34(24(53)18(28)47)63-27-9(3-39)57-31(56)21(50)17(27)46/h7-56H,1-6H2/t7-,8-,9-,10-,11-,12-,13-,14-,15+,16+,17-,18-,19-,20-,21-,22-,23-,24-,25-,26-,27-,28-,29-,30-,31+,32-,33-,34-,35-,36-/m1/s1. The van der Waals surface area contributed by atoms with Gasteiger partial charge in [0.2, 0.25) is 0 Å². The Bertz CT molecular complexity index is 1510. The van der Waals surface area contributed by atoms with Gasteiger partial charge in [0, 0.05) is 5.75 Å². The Morgan fingerprint density at radius 3 is 0.985 bits per heavy atom. The fraction of sp³-hybridized carbons (Fsp3) is 1.00. The molecule has 0 aromatic rings. The van der Waals surface area contributed by atoms with Gasteiger partial charge in [-0.1, -0.05) is 0 Å². The largest absolute Gasteiger partial charge is 0.394 e. The van der Waals surface area contributed by atoms with Gasteiger partial charge in [0.1, 0.15) is 146 Å². The Balaban J connectivity index is 1.19. The van der Waals surface area contributed by atoms with E-state index in [9.17, 15) is 102 Å². The van der Waals surface area contributed by atoms with Crippen molar-refractivity contribution in [3.8, 4) is 0 Å². The van der Waals surface area contributed by atoms with Gasteiger partial charge in [-0.2, -0.15) is 0 Å². The minimum absolute atomic E-state index is 0.527. The zero-order chi connectivity index (χ0) is 49.3. The van der Waals surface area contributed by atoms with Crippen LogP contribution >= 0.6 is 11.8 Å². The second-order valence-corrected chi connectivity index (χ2v) is 17.9. The van der Waals surface area contributed by atoms with E-state index in [0.717, 1.165) is 0 Å². The smallest absolute Gasteiger partial charge is 0.187 e. The van der Waals surface area contributed by atoms with Gasteiger partial charge in [-0.25, -0.2) is 0 Å². The van der Waals surface area contributed by atoms with E-state index in [0.29, 0.717) is 11.8 Å². The normalized spacial score (nSPS) is 53.4. The monoisotopic (exact) mass is 1010 g/mol. The van der Waals surface area contributed by atoms with Crippen LogP contribution in [0.4, 0.5) is 0 Å². The lowest BCUT2D eigenvalue weighted by Crippen LogP contribution is -2.67. The molecule has 6 aliphatic heterocycles. The summed E-state index contributed by atoms with van der Waals surface area (Å²) in [7, 11) is 0. The van der Waals surface area contributed by atoms with E-state index in [1.54, 1.807) is 0 Å². The van der Waals surface area contributed by atoms with Crippen LogP contribution in [0.25, 0.3) is 0 Å². The Morgan fingerprint density at radius 2 is 0.582 bits per heavy atom. The fourth-order valence-corrected chi connectivity index (χ4v) is 9.64. The van der Waals surface area contributed by atoms with Gasteiger partial charge in [0.15, 0.2) is 31.5 Å². The molecule has 392 valence electrons. The minimum atomic E-state index is -2.20. The van der Waals surface area contributed by atoms with E-state index in [1.165, 1.54) is 0 Å². The summed E-state index contributed by atoms with van der Waals surface area (Å²) < 4.78 is 55.9. The molecule has 6 heterocycles. The van der Waals surface area contributed by atoms with Crippen LogP contribution in [0, 0.1) is 0 Å². The van der Waals surface area contributed by atoms with Crippen molar-refractivity contribution in [1.29, 1.82) is 0 Å². The van der Waals surface area contributed by atoms with Crippen LogP contribution in [-0.4, -0.2) is 324 Å². The van der Waals surface area contributed by atoms with Gasteiger partial charge >= 0.3 is 0 Å². The Labute approximate surface area is 383 Å². The molecule has 6 saturated heterocycles. The first-order chi connectivity index (χ1) is 31.7. The van der Waals surface area contributed by atoms with Crippen LogP contribution in [0.5, 0.6) is 0 Å². The molecule has 0 bridgehead atoms. The summed E-state index contributed by atoms with van der Waals surface area (Å²) in [5.41, 5.74) is -1.54. The Kier molecular flexibility index (Phi) is 19.7. The number of hydrogen-bond donors (Lipinski definition) is 20. The molecule has 0 saturated carbocycles. The topological polar surface area (TPSA) is 497 Å². The van der Waals surface area contributed by atoms with E-state index in [4.69, 9.17) is 47.4 Å². The van der Waals surface area contributed by atoms with E-state index in [-0.39, 0.29) is 0 Å². The highest BCUT2D eigenvalue weighted by Gasteiger charge is 2.56. The highest BCUT2D eigenvalue weighted by Crippen LogP contribution is 2.38. The quantitative estimate of drug-likeness (QED) is 0.0683. The van der Waals surface area contributed by atoms with Crippen molar-refractivity contribution in [2.24, 2.45) is 0 Å². The molecule has 0 aliphatic carbocycles. The van der Waals surface area contributed by atoms with Crippen LogP contribution in [0.1, 0.15) is 0 Å². The molecule has 0 unspecified atom stereocenters. The van der Waals surface area contributed by atoms with Crippen LogP contribution in [0.15, 0.2) is 0 Å². The van der Waals surface area contributed by atoms with Crippen LogP contribution < -0.4 is 0 Å². The first-order valence-corrected chi connectivity index (χ1v) is 22.2. The number of thioether (sulfide) groups is 1. The molecule has 6 rings (SSSR count). The highest BCUT2D eigenvalue weighted by molar-refractivity contribution is 7.99. The predicted octanol–water partition coefficient (Wildman–Crippen LogP) is -13.4. The van der Waals surface area contributed by atoms with Crippen molar-refractivity contribution >= 4 is 11.8 Å². The predicted molar refractivity (Wildman–Crippen MR) is 206 cm³/mol. The zero-order valence-corrected chi connectivity index (χ0v) is 35.8. The molecule has 0 aromatic heterocycles. The van der Waals surface area contributed by atoms with E-state index in [2.05, 4.69) is 0 Å². The van der Waals surface area contributed by atoms with Gasteiger partial charge in [-0.15, -0.1) is 11.8 Å². The lowest BCUT2D eigenvalue weighted by molar-refractivity contribution is -0.385. The SMILES string of the molecule is OC[C@H]1O[C@H](O[C@H]2[C@H](O)[C@@H](O)[C@@H](SC[C@H]3O[C@H](O[C@H]4[C@H](O)[C@@H](O)[C@@H](O[C@H]5[C@H](O)[C@@H](O)[C@@H](O)O[C@@H]5CO)O[C@@H]4CO)[C@H](O)[C@@H](O)[C@@H]3O[C@H]3O[C@H](CO)[C@@H](O)[C@H](O)[C@H]3O)O[C@@H]2CO)[C@H](O)[C@@H](O)[C@@H]1O. The molecule has 20 N–H and O–H groups in total. The van der Waals surface area contributed by atoms with Crippen molar-refractivity contribution in [3.63, 3.8) is 0 Å². The minimum Gasteiger partial charge on any atom is -0.394 e. The lowest BCUT2D eigenvalue weighted by Gasteiger charge is -2.49. The van der Waals surface area contributed by atoms with Gasteiger partial charge in [0.05, 0.1) is 39.1 Å². The molecule has 30 atom stereocenters. The second kappa shape index (κ2) is 23.8. The summed E-state index contributed by atoms with van der Waals surface area (Å²) in [6.07, 6.45) is -53.9. The molecular weight excluding hydrogens is 944 g/mol. The molecule has 6 aliphatic rings. The molecule has 31 heteroatoms. The van der Waals surface area contributed by atoms with Crippen molar-refractivity contribution < 1.29 is 149 Å². The van der Waals surface area contributed by atoms with E-state index < -0.39 is 222 Å². The molecule has 0 amide bonds. The lowest BCUT2D eigenvalue weighted by atomic mass is 9.95. The Morgan fingerprint density at radius 1 is 0.284 bits per heavy atom. The molecular formula is C36H62O30S. The maximum absolute atomic E-state index is 11.5. The molecule has 0 radical (unpaired) electrons. The summed E-state index contributed by atoms with van der Waals surface area (Å²) in [6.45, 7) is -4.52. The van der Waals surface area contributed by atoms with Crippen LogP contribution in [0.2, 0.25) is 0 Å². The van der Waals surface area contributed by atoms with Gasteiger partial charge < -0.3 is 149 Å². The summed E-state index contributed by atoms with van der Waals surface area (Å²) in [5.74, 6) is -0.527. The third kappa shape index (κ3) is 11.5. The molecule has 0 spiro atoms. The molecule has 0 aromatic carbocycles. The van der Waals surface area contributed by atoms with Crippen molar-refractivity contribution in [3.05, 3.63) is 0 Å². The molecule has 30 nitrogen and oxygen atoms in total. The number of aliphatic hydroxyl groups is 20. The third-order valence-electron chi connectivity index (χ3n) is 12.4. The van der Waals surface area contributed by atoms with Crippen molar-refractivity contribution in [1.82, 2.24) is 0 Å². The zero-order valence-electron chi connectivity index (χ0n) is 35.0. The number of hydrogen-bond acceptors (Lipinski definition) is 31. The summed E-state index contributed by atoms with van der Waals surface area (Å²) in [5, 5.41) is 210. The van der Waals surface area contributed by atoms with Gasteiger partial charge in [-0.3, -0.25) is 0 Å². The van der Waals surface area contributed by atoms with Crippen LogP contribution in [0.3, 0.4) is 0 Å². The Hall–Kier alpha value is -0.850. The van der Waals surface area contributed by atoms with Crippen molar-refractivity contribution in [2.45, 2.75) is 183 Å². The summed E-state index contributed by atoms with van der Waals surface area (Å²) in [6, 6.07) is 0. The molecule has 6 fully saturated rings. The second-order valence-electron chi connectivity index (χ2n) is 16.8. The maximum Gasteiger partial charge on any atom is 0.187 e. The first kappa shape index (κ1) is 55.5. The third-order valence-corrected chi connectivity index (χ3v) is 13.6. The average Bonchev–Trinajstić information content (AvgIpc) is 3.32.